The molecule has 2 nitrogen and oxygen atoms in total. The van der Waals surface area contributed by atoms with Crippen molar-refractivity contribution in [2.24, 2.45) is 0 Å². The van der Waals surface area contributed by atoms with E-state index in [9.17, 15) is 0 Å². The largest absolute Gasteiger partial charge is 0.180 e. The van der Waals surface area contributed by atoms with Gasteiger partial charge in [0, 0.05) is 34.5 Å². The average molecular weight is 197 g/mol. The van der Waals surface area contributed by atoms with E-state index in [0.29, 0.717) is 0 Å². The third kappa shape index (κ3) is 7.55. The second-order valence-corrected chi connectivity index (χ2v) is 3.19. The van der Waals surface area contributed by atoms with Crippen LogP contribution in [0.3, 0.4) is 0 Å². The van der Waals surface area contributed by atoms with Crippen LogP contribution in [0, 0.1) is 0 Å². The van der Waals surface area contributed by atoms with Crippen molar-refractivity contribution in [3.63, 3.8) is 0 Å². The first-order valence-electron chi connectivity index (χ1n) is 1.13. The molecular formula is H2Cl2N2S3. The Morgan fingerprint density at radius 1 is 1.00 bits per heavy atom. The first kappa shape index (κ1) is 8.55. The van der Waals surface area contributed by atoms with E-state index in [-0.39, 0.29) is 0 Å². The Bertz CT molecular complexity index is 30.1. The van der Waals surface area contributed by atoms with Crippen LogP contribution < -0.4 is 8.25 Å². The summed E-state index contributed by atoms with van der Waals surface area (Å²) in [6.45, 7) is 0. The maximum absolute atomic E-state index is 5.13. The maximum atomic E-state index is 5.13. The summed E-state index contributed by atoms with van der Waals surface area (Å²) in [4.78, 5) is 0. The van der Waals surface area contributed by atoms with Gasteiger partial charge in [0.15, 0.2) is 0 Å². The number of hydrogen-bond acceptors (Lipinski definition) is 5. The van der Waals surface area contributed by atoms with E-state index in [1.165, 1.54) is 12.1 Å². The van der Waals surface area contributed by atoms with Crippen molar-refractivity contribution in [2.45, 2.75) is 0 Å². The molecule has 0 spiro atoms. The predicted octanol–water partition coefficient (Wildman–Crippen LogP) is 2.33. The zero-order chi connectivity index (χ0) is 5.54. The molecule has 7 heavy (non-hydrogen) atoms. The first-order valence-corrected chi connectivity index (χ1v) is 5.23. The molecule has 0 amide bonds. The Hall–Kier alpha value is 1.55. The van der Waals surface area contributed by atoms with Gasteiger partial charge >= 0.3 is 0 Å². The number of hydrogen-bond donors (Lipinski definition) is 2. The third-order valence-electron chi connectivity index (χ3n) is 0.146. The van der Waals surface area contributed by atoms with E-state index in [0.717, 1.165) is 22.3 Å². The van der Waals surface area contributed by atoms with E-state index in [2.05, 4.69) is 8.25 Å². The highest BCUT2D eigenvalue weighted by Crippen LogP contribution is 2.09. The normalized spacial score (nSPS) is 9.43. The summed E-state index contributed by atoms with van der Waals surface area (Å²) in [7, 11) is 10.3. The minimum atomic E-state index is 0.992. The summed E-state index contributed by atoms with van der Waals surface area (Å²) in [6.07, 6.45) is 0. The van der Waals surface area contributed by atoms with E-state index in [1.54, 1.807) is 0 Å². The lowest BCUT2D eigenvalue weighted by Gasteiger charge is -1.91. The monoisotopic (exact) mass is 196 g/mol. The molecule has 0 radical (unpaired) electrons. The molecule has 0 rings (SSSR count). The SMILES string of the molecule is ClSNSNSCl. The van der Waals surface area contributed by atoms with Crippen molar-refractivity contribution in [2.75, 3.05) is 0 Å². The van der Waals surface area contributed by atoms with E-state index in [4.69, 9.17) is 21.4 Å². The maximum Gasteiger partial charge on any atom is 0.0397 e. The van der Waals surface area contributed by atoms with Crippen molar-refractivity contribution in [3.05, 3.63) is 0 Å². The predicted molar refractivity (Wildman–Crippen MR) is 40.8 cm³/mol. The molecule has 0 aliphatic carbocycles. The van der Waals surface area contributed by atoms with Gasteiger partial charge in [-0.25, -0.2) is 0 Å². The van der Waals surface area contributed by atoms with Gasteiger partial charge in [-0.2, -0.15) is 8.25 Å². The van der Waals surface area contributed by atoms with Crippen molar-refractivity contribution < 1.29 is 0 Å². The fourth-order valence-electron chi connectivity index (χ4n) is 0.0485. The topological polar surface area (TPSA) is 24.1 Å². The molecule has 0 aliphatic heterocycles. The highest BCUT2D eigenvalue weighted by Gasteiger charge is 1.79. The molecule has 0 aromatic carbocycles. The van der Waals surface area contributed by atoms with Gasteiger partial charge in [0.2, 0.25) is 0 Å². The van der Waals surface area contributed by atoms with Gasteiger partial charge in [-0.05, 0) is 21.4 Å². The Kier molecular flexibility index (Phi) is 9.22. The smallest absolute Gasteiger partial charge is 0.0397 e. The van der Waals surface area contributed by atoms with E-state index >= 15 is 0 Å². The van der Waals surface area contributed by atoms with Gasteiger partial charge in [-0.1, -0.05) is 0 Å². The number of halogens is 2. The molecule has 0 bridgehead atoms. The van der Waals surface area contributed by atoms with Crippen LogP contribution in [0.4, 0.5) is 0 Å². The van der Waals surface area contributed by atoms with Crippen LogP contribution in [-0.4, -0.2) is 0 Å². The molecule has 0 saturated carbocycles. The standard InChI is InChI=1S/Cl2H2N2S3/c1-5-3-7-4-6-2/h3-4H. The van der Waals surface area contributed by atoms with Gasteiger partial charge < -0.3 is 0 Å². The summed E-state index contributed by atoms with van der Waals surface area (Å²) in [6, 6.07) is 0. The summed E-state index contributed by atoms with van der Waals surface area (Å²) in [5.74, 6) is 0. The summed E-state index contributed by atoms with van der Waals surface area (Å²) in [5.41, 5.74) is 0. The molecule has 0 fully saturated rings. The highest BCUT2D eigenvalue weighted by molar-refractivity contribution is 8.30. The Morgan fingerprint density at radius 2 is 1.43 bits per heavy atom. The molecule has 0 unspecified atom stereocenters. The van der Waals surface area contributed by atoms with Crippen molar-refractivity contribution in [3.8, 4) is 0 Å². The molecule has 0 atom stereocenters. The Morgan fingerprint density at radius 3 is 1.71 bits per heavy atom. The molecule has 0 aromatic heterocycles. The number of nitrogens with one attached hydrogen (secondary N) is 2. The van der Waals surface area contributed by atoms with Crippen LogP contribution in [0.15, 0.2) is 0 Å². The molecule has 7 heteroatoms. The molecule has 0 saturated heterocycles. The fourth-order valence-corrected chi connectivity index (χ4v) is 1.31. The zero-order valence-corrected chi connectivity index (χ0v) is 6.94. The van der Waals surface area contributed by atoms with Gasteiger partial charge in [0.05, 0.1) is 0 Å². The summed E-state index contributed by atoms with van der Waals surface area (Å²) in [5, 5.41) is 0. The second kappa shape index (κ2) is 7.55. The van der Waals surface area contributed by atoms with E-state index in [1.807, 2.05) is 0 Å². The minimum absolute atomic E-state index is 0.992. The molecule has 2 N–H and O–H groups in total. The van der Waals surface area contributed by atoms with Crippen molar-refractivity contribution in [1.82, 2.24) is 8.25 Å². The highest BCUT2D eigenvalue weighted by atomic mass is 35.7. The average Bonchev–Trinajstić information content (AvgIpc) is 1.69. The van der Waals surface area contributed by atoms with Crippen LogP contribution >= 0.6 is 55.8 Å². The molecule has 0 aliphatic rings. The summed E-state index contributed by atoms with van der Waals surface area (Å²) < 4.78 is 5.26. The van der Waals surface area contributed by atoms with Crippen LogP contribution in [0.1, 0.15) is 0 Å². The van der Waals surface area contributed by atoms with Crippen LogP contribution in [0.2, 0.25) is 0 Å². The Balaban J connectivity index is 2.45. The van der Waals surface area contributed by atoms with E-state index < -0.39 is 0 Å². The third-order valence-corrected chi connectivity index (χ3v) is 2.45. The lowest BCUT2D eigenvalue weighted by Crippen LogP contribution is -1.94. The van der Waals surface area contributed by atoms with Crippen molar-refractivity contribution in [1.29, 1.82) is 0 Å². The van der Waals surface area contributed by atoms with Gasteiger partial charge in [0.1, 0.15) is 0 Å². The van der Waals surface area contributed by atoms with Gasteiger partial charge in [-0.15, -0.1) is 0 Å². The zero-order valence-electron chi connectivity index (χ0n) is 2.98. The van der Waals surface area contributed by atoms with Crippen LogP contribution in [-0.2, 0) is 0 Å². The minimum Gasteiger partial charge on any atom is -0.180 e. The number of rotatable bonds is 4. The Labute approximate surface area is 64.0 Å². The van der Waals surface area contributed by atoms with Gasteiger partial charge in [0.25, 0.3) is 0 Å². The van der Waals surface area contributed by atoms with Crippen LogP contribution in [0.5, 0.6) is 0 Å². The van der Waals surface area contributed by atoms with Gasteiger partial charge in [-0.3, -0.25) is 0 Å². The van der Waals surface area contributed by atoms with Crippen molar-refractivity contribution >= 4 is 55.8 Å². The molecule has 44 valence electrons. The molecule has 0 aromatic rings. The molecule has 0 heterocycles. The quantitative estimate of drug-likeness (QED) is 0.532. The first-order chi connectivity index (χ1) is 3.41. The second-order valence-electron chi connectivity index (χ2n) is 0.423. The fraction of sp³-hybridized carbons (Fsp3) is 0. The summed E-state index contributed by atoms with van der Waals surface area (Å²) >= 11 is 3.20. The molecular weight excluding hydrogens is 195 g/mol. The lowest BCUT2D eigenvalue weighted by atomic mass is 13.8. The lowest BCUT2D eigenvalue weighted by molar-refractivity contribution is 1.66. The van der Waals surface area contributed by atoms with Crippen LogP contribution in [0.25, 0.3) is 0 Å².